The number of carbonyl (C=O) groups excluding carboxylic acids is 1. The summed E-state index contributed by atoms with van der Waals surface area (Å²) >= 11 is 0. The predicted molar refractivity (Wildman–Crippen MR) is 106 cm³/mol. The maximum atomic E-state index is 12.6. The smallest absolute Gasteiger partial charge is 0.372 e. The standard InChI is InChI=1S/C20H24F3N5O/c1-14-12-26-19-15(5-7-25-19)10-16(6-8-24-14)28-9-3-4-17(13-28)27(2)18(29)11-20(21,22)23/h5-8,12,17,25H,1,3-4,9-11,13H2,2H3/b16-6+,24-8?,26-12?. The van der Waals surface area contributed by atoms with Gasteiger partial charge in [-0.1, -0.05) is 6.58 Å². The molecule has 1 aromatic rings. The fraction of sp³-hybridized carbons (Fsp3) is 0.450. The highest BCUT2D eigenvalue weighted by atomic mass is 19.4. The van der Waals surface area contributed by atoms with Crippen molar-refractivity contribution in [2.75, 3.05) is 20.1 Å². The van der Waals surface area contributed by atoms with Crippen molar-refractivity contribution in [2.45, 2.75) is 37.9 Å². The average Bonchev–Trinajstić information content (AvgIpc) is 3.11. The van der Waals surface area contributed by atoms with E-state index in [9.17, 15) is 18.0 Å². The van der Waals surface area contributed by atoms with Gasteiger partial charge in [0.15, 0.2) is 0 Å². The van der Waals surface area contributed by atoms with Crippen LogP contribution >= 0.6 is 0 Å². The maximum absolute atomic E-state index is 12.6. The summed E-state index contributed by atoms with van der Waals surface area (Å²) in [4.78, 5) is 27.1. The highest BCUT2D eigenvalue weighted by Gasteiger charge is 2.35. The highest BCUT2D eigenvalue weighted by molar-refractivity contribution is 5.85. The number of H-pyrrole nitrogens is 1. The van der Waals surface area contributed by atoms with Gasteiger partial charge in [0.1, 0.15) is 12.2 Å². The van der Waals surface area contributed by atoms with Crippen molar-refractivity contribution in [3.63, 3.8) is 0 Å². The zero-order chi connectivity index (χ0) is 21.0. The summed E-state index contributed by atoms with van der Waals surface area (Å²) in [6.07, 6.45) is 3.07. The van der Waals surface area contributed by atoms with Crippen LogP contribution in [0.1, 0.15) is 24.8 Å². The van der Waals surface area contributed by atoms with Gasteiger partial charge >= 0.3 is 6.18 Å². The van der Waals surface area contributed by atoms with Crippen LogP contribution in [0.3, 0.4) is 0 Å². The van der Waals surface area contributed by atoms with Crippen molar-refractivity contribution < 1.29 is 18.0 Å². The fourth-order valence-electron chi connectivity index (χ4n) is 3.55. The molecule has 0 aliphatic carbocycles. The quantitative estimate of drug-likeness (QED) is 0.832. The molecule has 1 saturated heterocycles. The molecule has 2 aliphatic heterocycles. The van der Waals surface area contributed by atoms with Crippen LogP contribution in [0.5, 0.6) is 0 Å². The minimum Gasteiger partial charge on any atom is -0.372 e. The molecule has 1 N–H and O–H groups in total. The lowest BCUT2D eigenvalue weighted by Gasteiger charge is -2.40. The van der Waals surface area contributed by atoms with Crippen molar-refractivity contribution in [1.82, 2.24) is 14.8 Å². The molecule has 0 saturated carbocycles. The number of rotatable bonds is 3. The van der Waals surface area contributed by atoms with Gasteiger partial charge in [-0.05, 0) is 25.0 Å². The van der Waals surface area contributed by atoms with E-state index in [1.54, 1.807) is 12.4 Å². The predicted octanol–water partition coefficient (Wildman–Crippen LogP) is 3.62. The Balaban J connectivity index is 1.77. The van der Waals surface area contributed by atoms with Gasteiger partial charge in [-0.2, -0.15) is 13.2 Å². The number of aromatic nitrogens is 1. The molecule has 3 heterocycles. The van der Waals surface area contributed by atoms with E-state index in [2.05, 4.69) is 26.4 Å². The molecule has 156 valence electrons. The summed E-state index contributed by atoms with van der Waals surface area (Å²) in [5, 5.41) is 0. The van der Waals surface area contributed by atoms with E-state index in [0.717, 1.165) is 30.0 Å². The number of likely N-dealkylation sites (tertiary alicyclic amines) is 1. The lowest BCUT2D eigenvalue weighted by Crippen LogP contribution is -2.49. The van der Waals surface area contributed by atoms with Crippen LogP contribution < -0.4 is 0 Å². The summed E-state index contributed by atoms with van der Waals surface area (Å²) in [5.41, 5.74) is 2.48. The van der Waals surface area contributed by atoms with Crippen molar-refractivity contribution in [1.29, 1.82) is 0 Å². The first-order valence-corrected chi connectivity index (χ1v) is 9.43. The number of aromatic amines is 1. The molecule has 1 atom stereocenters. The average molecular weight is 407 g/mol. The lowest BCUT2D eigenvalue weighted by molar-refractivity contribution is -0.162. The number of alkyl halides is 3. The molecule has 1 amide bonds. The third-order valence-electron chi connectivity index (χ3n) is 5.13. The van der Waals surface area contributed by atoms with E-state index in [0.29, 0.717) is 25.1 Å². The number of fused-ring (bicyclic) bond motifs is 1. The molecule has 0 bridgehead atoms. The van der Waals surface area contributed by atoms with E-state index in [1.165, 1.54) is 11.9 Å². The van der Waals surface area contributed by atoms with E-state index in [4.69, 9.17) is 0 Å². The second-order valence-corrected chi connectivity index (χ2v) is 7.25. The van der Waals surface area contributed by atoms with Gasteiger partial charge in [-0.3, -0.25) is 9.79 Å². The number of nitrogens with zero attached hydrogens (tertiary/aromatic N) is 4. The maximum Gasteiger partial charge on any atom is 0.397 e. The Morgan fingerprint density at radius 2 is 2.21 bits per heavy atom. The normalized spacial score (nSPS) is 22.1. The van der Waals surface area contributed by atoms with Gasteiger partial charge in [0.05, 0.1) is 11.9 Å². The molecule has 1 fully saturated rings. The largest absolute Gasteiger partial charge is 0.397 e. The van der Waals surface area contributed by atoms with Crippen LogP contribution in [-0.2, 0) is 11.2 Å². The number of aliphatic imine (C=N–C) groups is 2. The first kappa shape index (κ1) is 20.9. The Labute approximate surface area is 167 Å². The first-order chi connectivity index (χ1) is 13.7. The van der Waals surface area contributed by atoms with Crippen molar-refractivity contribution >= 4 is 24.2 Å². The van der Waals surface area contributed by atoms with E-state index < -0.39 is 18.5 Å². The molecule has 0 radical (unpaired) electrons. The van der Waals surface area contributed by atoms with Crippen LogP contribution in [0.4, 0.5) is 19.0 Å². The molecular weight excluding hydrogens is 383 g/mol. The zero-order valence-electron chi connectivity index (χ0n) is 16.2. The Bertz CT molecular complexity index is 853. The van der Waals surface area contributed by atoms with Crippen LogP contribution in [0.15, 0.2) is 46.3 Å². The third kappa shape index (κ3) is 5.58. The summed E-state index contributed by atoms with van der Waals surface area (Å²) in [6, 6.07) is 1.67. The number of halogens is 3. The molecular formula is C20H24F3N5O. The first-order valence-electron chi connectivity index (χ1n) is 9.43. The van der Waals surface area contributed by atoms with Gasteiger partial charge < -0.3 is 14.8 Å². The monoisotopic (exact) mass is 407 g/mol. The number of likely N-dealkylation sites (N-methyl/N-ethyl adjacent to an activating group) is 1. The number of hydrogen-bond acceptors (Lipinski definition) is 4. The molecule has 0 spiro atoms. The van der Waals surface area contributed by atoms with Crippen LogP contribution in [-0.4, -0.2) is 65.5 Å². The van der Waals surface area contributed by atoms with E-state index >= 15 is 0 Å². The summed E-state index contributed by atoms with van der Waals surface area (Å²) in [5.74, 6) is -0.176. The molecule has 6 nitrogen and oxygen atoms in total. The Kier molecular flexibility index (Phi) is 6.24. The number of carbonyl (C=O) groups is 1. The fourth-order valence-corrected chi connectivity index (χ4v) is 3.55. The van der Waals surface area contributed by atoms with Crippen LogP contribution in [0.2, 0.25) is 0 Å². The molecule has 29 heavy (non-hydrogen) atoms. The number of nitrogens with one attached hydrogen (secondary N) is 1. The Morgan fingerprint density at radius 1 is 1.41 bits per heavy atom. The van der Waals surface area contributed by atoms with Gasteiger partial charge in [-0.15, -0.1) is 0 Å². The van der Waals surface area contributed by atoms with Crippen LogP contribution in [0.25, 0.3) is 0 Å². The topological polar surface area (TPSA) is 64.1 Å². The number of hydrogen-bond donors (Lipinski definition) is 1. The van der Waals surface area contributed by atoms with Gasteiger partial charge in [-0.25, -0.2) is 4.99 Å². The summed E-state index contributed by atoms with van der Waals surface area (Å²) < 4.78 is 37.8. The SMILES string of the molecule is C=C1C=Nc2[nH]ccc2C/C(N2CCCC(N(C)C(=O)CC(F)(F)F)C2)=C\C=N1. The van der Waals surface area contributed by atoms with E-state index in [1.807, 2.05) is 18.3 Å². The Hall–Kier alpha value is -2.84. The molecule has 1 aromatic heterocycles. The summed E-state index contributed by atoms with van der Waals surface area (Å²) in [7, 11) is 1.45. The second-order valence-electron chi connectivity index (χ2n) is 7.25. The Morgan fingerprint density at radius 3 is 2.97 bits per heavy atom. The van der Waals surface area contributed by atoms with Crippen LogP contribution in [0, 0.1) is 0 Å². The van der Waals surface area contributed by atoms with Gasteiger partial charge in [0, 0.05) is 56.3 Å². The van der Waals surface area contributed by atoms with Gasteiger partial charge in [0.25, 0.3) is 0 Å². The summed E-state index contributed by atoms with van der Waals surface area (Å²) in [6.45, 7) is 5.07. The molecule has 9 heteroatoms. The van der Waals surface area contributed by atoms with Crippen molar-refractivity contribution in [3.8, 4) is 0 Å². The van der Waals surface area contributed by atoms with E-state index in [-0.39, 0.29) is 6.04 Å². The number of allylic oxidation sites excluding steroid dienone is 3. The van der Waals surface area contributed by atoms with Crippen molar-refractivity contribution in [2.24, 2.45) is 9.98 Å². The third-order valence-corrected chi connectivity index (χ3v) is 5.13. The van der Waals surface area contributed by atoms with Gasteiger partial charge in [0.2, 0.25) is 5.91 Å². The van der Waals surface area contributed by atoms with Crippen molar-refractivity contribution in [3.05, 3.63) is 41.9 Å². The number of piperidine rings is 1. The molecule has 0 aromatic carbocycles. The molecule has 2 aliphatic rings. The molecule has 3 rings (SSSR count). The minimum absolute atomic E-state index is 0.273. The lowest BCUT2D eigenvalue weighted by atomic mass is 10.0. The minimum atomic E-state index is -4.50. The number of amides is 1. The highest BCUT2D eigenvalue weighted by Crippen LogP contribution is 2.27. The molecule has 1 unspecified atom stereocenters. The zero-order valence-corrected chi connectivity index (χ0v) is 16.2. The second kappa shape index (κ2) is 8.67.